The first-order valence-corrected chi connectivity index (χ1v) is 4.71. The van der Waals surface area contributed by atoms with Gasteiger partial charge < -0.3 is 0 Å². The molecule has 0 aromatic rings. The normalized spacial score (nSPS) is 30.0. The summed E-state index contributed by atoms with van der Waals surface area (Å²) in [5, 5.41) is 0. The SMILES string of the molecule is CCC1CCN1CI. The van der Waals surface area contributed by atoms with Crippen molar-refractivity contribution in [2.24, 2.45) is 0 Å². The number of alkyl halides is 1. The lowest BCUT2D eigenvalue weighted by Gasteiger charge is -2.38. The maximum Gasteiger partial charge on any atom is 0.0508 e. The molecule has 0 radical (unpaired) electrons. The van der Waals surface area contributed by atoms with Crippen molar-refractivity contribution in [1.29, 1.82) is 0 Å². The van der Waals surface area contributed by atoms with E-state index in [9.17, 15) is 0 Å². The first-order valence-electron chi connectivity index (χ1n) is 3.18. The topological polar surface area (TPSA) is 3.24 Å². The summed E-state index contributed by atoms with van der Waals surface area (Å²) in [6.45, 7) is 3.60. The molecule has 1 aliphatic heterocycles. The highest BCUT2D eigenvalue weighted by molar-refractivity contribution is 14.1. The molecule has 0 amide bonds. The van der Waals surface area contributed by atoms with Gasteiger partial charge >= 0.3 is 0 Å². The minimum absolute atomic E-state index is 0.923. The fraction of sp³-hybridized carbons (Fsp3) is 1.00. The minimum atomic E-state index is 0.923. The van der Waals surface area contributed by atoms with Crippen molar-refractivity contribution in [3.8, 4) is 0 Å². The number of rotatable bonds is 2. The largest absolute Gasteiger partial charge is 0.291 e. The molecule has 0 bridgehead atoms. The van der Waals surface area contributed by atoms with E-state index in [2.05, 4.69) is 34.4 Å². The Bertz CT molecular complexity index is 60.9. The van der Waals surface area contributed by atoms with Crippen LogP contribution in [0.4, 0.5) is 0 Å². The van der Waals surface area contributed by atoms with Crippen LogP contribution in [-0.4, -0.2) is 22.0 Å². The van der Waals surface area contributed by atoms with Gasteiger partial charge in [0.15, 0.2) is 0 Å². The summed E-state index contributed by atoms with van der Waals surface area (Å²) in [7, 11) is 0. The molecule has 0 spiro atoms. The van der Waals surface area contributed by atoms with Gasteiger partial charge in [0.2, 0.25) is 0 Å². The van der Waals surface area contributed by atoms with Crippen molar-refractivity contribution < 1.29 is 0 Å². The molecule has 2 heteroatoms. The molecule has 0 aromatic carbocycles. The van der Waals surface area contributed by atoms with Gasteiger partial charge in [0, 0.05) is 12.6 Å². The van der Waals surface area contributed by atoms with Gasteiger partial charge in [0.1, 0.15) is 0 Å². The maximum absolute atomic E-state index is 2.51. The van der Waals surface area contributed by atoms with E-state index in [1.54, 1.807) is 0 Å². The van der Waals surface area contributed by atoms with E-state index in [1.807, 2.05) is 0 Å². The van der Waals surface area contributed by atoms with Gasteiger partial charge in [-0.05, 0) is 12.8 Å². The monoisotopic (exact) mass is 225 g/mol. The van der Waals surface area contributed by atoms with Gasteiger partial charge in [0.05, 0.1) is 4.55 Å². The van der Waals surface area contributed by atoms with Crippen LogP contribution in [0.3, 0.4) is 0 Å². The Morgan fingerprint density at radius 2 is 2.50 bits per heavy atom. The number of hydrogen-bond acceptors (Lipinski definition) is 1. The molecule has 1 heterocycles. The Morgan fingerprint density at radius 1 is 1.75 bits per heavy atom. The molecule has 0 saturated carbocycles. The van der Waals surface area contributed by atoms with Crippen LogP contribution >= 0.6 is 22.6 Å². The van der Waals surface area contributed by atoms with Gasteiger partial charge in [-0.2, -0.15) is 0 Å². The number of nitrogens with zero attached hydrogens (tertiary/aromatic N) is 1. The van der Waals surface area contributed by atoms with E-state index in [0.29, 0.717) is 0 Å². The minimum Gasteiger partial charge on any atom is -0.291 e. The highest BCUT2D eigenvalue weighted by Crippen LogP contribution is 2.20. The third-order valence-electron chi connectivity index (χ3n) is 1.89. The van der Waals surface area contributed by atoms with Gasteiger partial charge in [-0.25, -0.2) is 0 Å². The molecule has 1 nitrogen and oxygen atoms in total. The third-order valence-corrected chi connectivity index (χ3v) is 2.77. The molecule has 48 valence electrons. The van der Waals surface area contributed by atoms with Crippen LogP contribution in [0.5, 0.6) is 0 Å². The fourth-order valence-corrected chi connectivity index (χ4v) is 2.01. The van der Waals surface area contributed by atoms with Crippen molar-refractivity contribution in [2.75, 3.05) is 11.1 Å². The summed E-state index contributed by atoms with van der Waals surface area (Å²) in [6, 6.07) is 0.923. The Labute approximate surface area is 64.6 Å². The average molecular weight is 225 g/mol. The molecule has 1 atom stereocenters. The zero-order valence-electron chi connectivity index (χ0n) is 5.23. The lowest BCUT2D eigenvalue weighted by Crippen LogP contribution is -2.45. The van der Waals surface area contributed by atoms with Crippen molar-refractivity contribution in [2.45, 2.75) is 25.8 Å². The van der Waals surface area contributed by atoms with Crippen LogP contribution in [0.2, 0.25) is 0 Å². The van der Waals surface area contributed by atoms with Crippen LogP contribution in [0.15, 0.2) is 0 Å². The molecular weight excluding hydrogens is 213 g/mol. The smallest absolute Gasteiger partial charge is 0.0508 e. The van der Waals surface area contributed by atoms with Crippen LogP contribution in [0.1, 0.15) is 19.8 Å². The number of hydrogen-bond donors (Lipinski definition) is 0. The van der Waals surface area contributed by atoms with Crippen LogP contribution in [-0.2, 0) is 0 Å². The molecule has 1 fully saturated rings. The highest BCUT2D eigenvalue weighted by atomic mass is 127. The van der Waals surface area contributed by atoms with Crippen molar-refractivity contribution in [3.63, 3.8) is 0 Å². The van der Waals surface area contributed by atoms with Crippen molar-refractivity contribution in [3.05, 3.63) is 0 Å². The Morgan fingerprint density at radius 3 is 2.62 bits per heavy atom. The van der Waals surface area contributed by atoms with E-state index in [-0.39, 0.29) is 0 Å². The van der Waals surface area contributed by atoms with E-state index < -0.39 is 0 Å². The first-order chi connectivity index (χ1) is 3.88. The Balaban J connectivity index is 2.16. The zero-order chi connectivity index (χ0) is 5.98. The molecule has 0 aromatic heterocycles. The van der Waals surface area contributed by atoms with Crippen LogP contribution in [0.25, 0.3) is 0 Å². The van der Waals surface area contributed by atoms with Crippen LogP contribution in [0, 0.1) is 0 Å². The summed E-state index contributed by atoms with van der Waals surface area (Å²) < 4.78 is 1.22. The van der Waals surface area contributed by atoms with E-state index >= 15 is 0 Å². The Kier molecular flexibility index (Phi) is 2.56. The molecule has 0 N–H and O–H groups in total. The second-order valence-corrected chi connectivity index (χ2v) is 2.96. The molecule has 0 aliphatic carbocycles. The highest BCUT2D eigenvalue weighted by Gasteiger charge is 2.23. The van der Waals surface area contributed by atoms with Gasteiger partial charge in [0.25, 0.3) is 0 Å². The summed E-state index contributed by atoms with van der Waals surface area (Å²) in [4.78, 5) is 2.51. The summed E-state index contributed by atoms with van der Waals surface area (Å²) in [5.74, 6) is 0. The lowest BCUT2D eigenvalue weighted by molar-refractivity contribution is 0.119. The number of likely N-dealkylation sites (tertiary alicyclic amines) is 1. The molecule has 8 heavy (non-hydrogen) atoms. The van der Waals surface area contributed by atoms with E-state index in [4.69, 9.17) is 0 Å². The quantitative estimate of drug-likeness (QED) is 0.394. The van der Waals surface area contributed by atoms with Gasteiger partial charge in [-0.3, -0.25) is 4.90 Å². The molecule has 1 saturated heterocycles. The fourth-order valence-electron chi connectivity index (χ4n) is 1.11. The Hall–Kier alpha value is 0.690. The predicted octanol–water partition coefficient (Wildman–Crippen LogP) is 1.86. The summed E-state index contributed by atoms with van der Waals surface area (Å²) in [5.41, 5.74) is 0. The second-order valence-electron chi connectivity index (χ2n) is 2.28. The first kappa shape index (κ1) is 6.81. The molecule has 1 rings (SSSR count). The van der Waals surface area contributed by atoms with E-state index in [0.717, 1.165) is 6.04 Å². The van der Waals surface area contributed by atoms with Gasteiger partial charge in [-0.15, -0.1) is 0 Å². The molecular formula is C6H12IN. The standard InChI is InChI=1S/C6H12IN/c1-2-6-3-4-8(6)5-7/h6H,2-5H2,1H3. The molecule has 1 unspecified atom stereocenters. The van der Waals surface area contributed by atoms with Crippen molar-refractivity contribution >= 4 is 22.6 Å². The summed E-state index contributed by atoms with van der Waals surface area (Å²) in [6.07, 6.45) is 2.77. The van der Waals surface area contributed by atoms with E-state index in [1.165, 1.54) is 23.9 Å². The maximum atomic E-state index is 2.51. The summed E-state index contributed by atoms with van der Waals surface area (Å²) >= 11 is 2.43. The average Bonchev–Trinajstić information content (AvgIpc) is 1.66. The zero-order valence-corrected chi connectivity index (χ0v) is 7.39. The predicted molar refractivity (Wildman–Crippen MR) is 44.3 cm³/mol. The lowest BCUT2D eigenvalue weighted by atomic mass is 10.0. The van der Waals surface area contributed by atoms with Crippen molar-refractivity contribution in [1.82, 2.24) is 4.90 Å². The molecule has 1 aliphatic rings. The third kappa shape index (κ3) is 1.16. The number of halogens is 1. The van der Waals surface area contributed by atoms with Gasteiger partial charge in [-0.1, -0.05) is 29.5 Å². The van der Waals surface area contributed by atoms with Crippen LogP contribution < -0.4 is 0 Å². The second kappa shape index (κ2) is 3.01.